The van der Waals surface area contributed by atoms with Crippen molar-refractivity contribution in [1.29, 1.82) is 0 Å². The van der Waals surface area contributed by atoms with E-state index in [-0.39, 0.29) is 18.0 Å². The molecule has 0 saturated heterocycles. The highest BCUT2D eigenvalue weighted by Gasteiger charge is 2.24. The number of nitrogens with zero attached hydrogens (tertiary/aromatic N) is 1. The molecule has 4 aromatic rings. The molecule has 0 bridgehead atoms. The lowest BCUT2D eigenvalue weighted by molar-refractivity contribution is 0.0984. The summed E-state index contributed by atoms with van der Waals surface area (Å²) in [5, 5.41) is 0.783. The summed E-state index contributed by atoms with van der Waals surface area (Å²) in [7, 11) is 6.05. The summed E-state index contributed by atoms with van der Waals surface area (Å²) in [6.45, 7) is 2.42. The number of rotatable bonds is 10. The van der Waals surface area contributed by atoms with Gasteiger partial charge in [0.15, 0.2) is 11.5 Å². The van der Waals surface area contributed by atoms with Crippen LogP contribution in [0.5, 0.6) is 28.7 Å². The van der Waals surface area contributed by atoms with E-state index < -0.39 is 0 Å². The monoisotopic (exact) mass is 518 g/mol. The molecule has 0 aliphatic carbocycles. The summed E-state index contributed by atoms with van der Waals surface area (Å²) in [5.74, 6) is 2.03. The lowest BCUT2D eigenvalue weighted by atomic mass is 10.1. The number of anilines is 1. The molecule has 0 aliphatic rings. The number of carbonyl (C=O) groups is 1. The Morgan fingerprint density at radius 3 is 2.05 bits per heavy atom. The number of aromatic nitrogens is 1. The fraction of sp³-hybridized carbons (Fsp3) is 0.241. The standard InChI is InChI=1S/C29H30N2O7/c1-6-38-22-9-7-21(8-10-22)31(29(33)19-15-25(35-3)27(37-5)26(16-19)36-4)17-20-13-18-14-23(34-2)11-12-24(18)30-28(20)32/h7-16H,6,17H2,1-5H3,(H,30,32). The number of hydrogen-bond acceptors (Lipinski definition) is 7. The number of hydrogen-bond donors (Lipinski definition) is 1. The number of nitrogens with one attached hydrogen (secondary N) is 1. The van der Waals surface area contributed by atoms with Crippen molar-refractivity contribution in [1.82, 2.24) is 4.98 Å². The van der Waals surface area contributed by atoms with Gasteiger partial charge in [-0.3, -0.25) is 9.59 Å². The second kappa shape index (κ2) is 11.6. The molecule has 38 heavy (non-hydrogen) atoms. The van der Waals surface area contributed by atoms with Crippen molar-refractivity contribution in [3.05, 3.63) is 82.1 Å². The van der Waals surface area contributed by atoms with E-state index in [0.29, 0.717) is 57.7 Å². The van der Waals surface area contributed by atoms with E-state index in [1.54, 1.807) is 61.7 Å². The molecule has 9 nitrogen and oxygen atoms in total. The third-order valence-corrected chi connectivity index (χ3v) is 6.07. The number of methoxy groups -OCH3 is 4. The Balaban J connectivity index is 1.81. The predicted molar refractivity (Wildman–Crippen MR) is 145 cm³/mol. The first-order valence-corrected chi connectivity index (χ1v) is 12.0. The van der Waals surface area contributed by atoms with Gasteiger partial charge in [-0.25, -0.2) is 0 Å². The van der Waals surface area contributed by atoms with Crippen molar-refractivity contribution in [3.8, 4) is 28.7 Å². The van der Waals surface area contributed by atoms with Crippen molar-refractivity contribution >= 4 is 22.5 Å². The number of fused-ring (bicyclic) bond motifs is 1. The van der Waals surface area contributed by atoms with Crippen LogP contribution >= 0.6 is 0 Å². The molecule has 0 aliphatic heterocycles. The smallest absolute Gasteiger partial charge is 0.258 e. The number of carbonyl (C=O) groups excluding carboxylic acids is 1. The SMILES string of the molecule is CCOc1ccc(N(Cc2cc3cc(OC)ccc3[nH]c2=O)C(=O)c2cc(OC)c(OC)c(OC)c2)cc1. The highest BCUT2D eigenvalue weighted by Crippen LogP contribution is 2.39. The Morgan fingerprint density at radius 2 is 1.47 bits per heavy atom. The quantitative estimate of drug-likeness (QED) is 0.322. The third-order valence-electron chi connectivity index (χ3n) is 6.07. The molecular weight excluding hydrogens is 488 g/mol. The third kappa shape index (κ3) is 5.36. The fourth-order valence-corrected chi connectivity index (χ4v) is 4.17. The summed E-state index contributed by atoms with van der Waals surface area (Å²) in [5.41, 5.74) is 1.66. The molecule has 0 radical (unpaired) electrons. The number of amides is 1. The van der Waals surface area contributed by atoms with Gasteiger partial charge in [0.25, 0.3) is 11.5 Å². The number of ether oxygens (including phenoxy) is 5. The molecule has 4 rings (SSSR count). The van der Waals surface area contributed by atoms with Gasteiger partial charge in [-0.2, -0.15) is 0 Å². The summed E-state index contributed by atoms with van der Waals surface area (Å²) in [6, 6.07) is 17.4. The molecule has 3 aromatic carbocycles. The molecule has 9 heteroatoms. The lowest BCUT2D eigenvalue weighted by Gasteiger charge is -2.24. The molecule has 1 heterocycles. The average molecular weight is 519 g/mol. The van der Waals surface area contributed by atoms with Crippen LogP contribution in [0.3, 0.4) is 0 Å². The largest absolute Gasteiger partial charge is 0.497 e. The maximum absolute atomic E-state index is 14.0. The Hall–Kier alpha value is -4.66. The Morgan fingerprint density at radius 1 is 0.816 bits per heavy atom. The average Bonchev–Trinajstić information content (AvgIpc) is 2.95. The maximum atomic E-state index is 14.0. The van der Waals surface area contributed by atoms with Crippen molar-refractivity contribution in [2.75, 3.05) is 39.9 Å². The fourth-order valence-electron chi connectivity index (χ4n) is 4.17. The van der Waals surface area contributed by atoms with E-state index in [2.05, 4.69) is 4.98 Å². The molecule has 1 N–H and O–H groups in total. The molecular formula is C29H30N2O7. The molecule has 1 aromatic heterocycles. The number of H-pyrrole nitrogens is 1. The normalized spacial score (nSPS) is 10.7. The summed E-state index contributed by atoms with van der Waals surface area (Å²) in [6.07, 6.45) is 0. The highest BCUT2D eigenvalue weighted by atomic mass is 16.5. The molecule has 198 valence electrons. The molecule has 0 atom stereocenters. The summed E-state index contributed by atoms with van der Waals surface area (Å²) < 4.78 is 27.2. The van der Waals surface area contributed by atoms with Crippen LogP contribution in [0, 0.1) is 0 Å². The summed E-state index contributed by atoms with van der Waals surface area (Å²) >= 11 is 0. The molecule has 0 fully saturated rings. The Bertz CT molecular complexity index is 1470. The number of aromatic amines is 1. The van der Waals surface area contributed by atoms with Crippen molar-refractivity contribution in [2.45, 2.75) is 13.5 Å². The van der Waals surface area contributed by atoms with Crippen LogP contribution in [0.1, 0.15) is 22.8 Å². The zero-order chi connectivity index (χ0) is 27.2. The first-order valence-electron chi connectivity index (χ1n) is 12.0. The van der Waals surface area contributed by atoms with Crippen LogP contribution in [0.2, 0.25) is 0 Å². The van der Waals surface area contributed by atoms with Gasteiger partial charge in [-0.15, -0.1) is 0 Å². The first-order chi connectivity index (χ1) is 18.4. The van der Waals surface area contributed by atoms with Gasteiger partial charge in [0.05, 0.1) is 41.6 Å². The Labute approximate surface area is 220 Å². The molecule has 0 unspecified atom stereocenters. The molecule has 0 spiro atoms. The van der Waals surface area contributed by atoms with Crippen LogP contribution in [-0.4, -0.2) is 45.9 Å². The minimum Gasteiger partial charge on any atom is -0.497 e. The summed E-state index contributed by atoms with van der Waals surface area (Å²) in [4.78, 5) is 31.4. The van der Waals surface area contributed by atoms with Gasteiger partial charge >= 0.3 is 0 Å². The van der Waals surface area contributed by atoms with E-state index in [9.17, 15) is 9.59 Å². The van der Waals surface area contributed by atoms with E-state index in [4.69, 9.17) is 23.7 Å². The van der Waals surface area contributed by atoms with Crippen molar-refractivity contribution in [2.24, 2.45) is 0 Å². The van der Waals surface area contributed by atoms with Crippen molar-refractivity contribution < 1.29 is 28.5 Å². The molecule has 1 amide bonds. The van der Waals surface area contributed by atoms with Gasteiger partial charge in [0.2, 0.25) is 5.75 Å². The number of pyridine rings is 1. The van der Waals surface area contributed by atoms with Gasteiger partial charge in [-0.1, -0.05) is 0 Å². The minimum absolute atomic E-state index is 0.00591. The van der Waals surface area contributed by atoms with Gasteiger partial charge < -0.3 is 33.6 Å². The van der Waals surface area contributed by atoms with Gasteiger partial charge in [0.1, 0.15) is 11.5 Å². The van der Waals surface area contributed by atoms with Crippen molar-refractivity contribution in [3.63, 3.8) is 0 Å². The number of benzene rings is 3. The minimum atomic E-state index is -0.362. The maximum Gasteiger partial charge on any atom is 0.258 e. The van der Waals surface area contributed by atoms with Gasteiger partial charge in [0, 0.05) is 27.7 Å². The molecule has 0 saturated carbocycles. The zero-order valence-electron chi connectivity index (χ0n) is 22.0. The van der Waals surface area contributed by atoms with E-state index >= 15 is 0 Å². The zero-order valence-corrected chi connectivity index (χ0v) is 22.0. The van der Waals surface area contributed by atoms with E-state index in [0.717, 1.165) is 5.39 Å². The van der Waals surface area contributed by atoms with Crippen LogP contribution in [-0.2, 0) is 6.54 Å². The van der Waals surface area contributed by atoms with E-state index in [1.807, 2.05) is 13.0 Å². The van der Waals surface area contributed by atoms with Crippen LogP contribution in [0.15, 0.2) is 65.5 Å². The predicted octanol–water partition coefficient (Wildman–Crippen LogP) is 4.81. The second-order valence-corrected chi connectivity index (χ2v) is 8.31. The van der Waals surface area contributed by atoms with Gasteiger partial charge in [-0.05, 0) is 67.6 Å². The van der Waals surface area contributed by atoms with Crippen LogP contribution < -0.4 is 34.1 Å². The van der Waals surface area contributed by atoms with E-state index in [1.165, 1.54) is 26.2 Å². The second-order valence-electron chi connectivity index (χ2n) is 8.31. The highest BCUT2D eigenvalue weighted by molar-refractivity contribution is 6.07. The topological polar surface area (TPSA) is 99.3 Å². The van der Waals surface area contributed by atoms with Crippen LogP contribution in [0.4, 0.5) is 5.69 Å². The Kier molecular flexibility index (Phi) is 8.06. The van der Waals surface area contributed by atoms with Crippen LogP contribution in [0.25, 0.3) is 10.9 Å². The first kappa shape index (κ1) is 26.4. The lowest BCUT2D eigenvalue weighted by Crippen LogP contribution is -2.33.